The summed E-state index contributed by atoms with van der Waals surface area (Å²) in [4.78, 5) is 0. The maximum absolute atomic E-state index is 6.61. The van der Waals surface area contributed by atoms with Crippen LogP contribution in [-0.2, 0) is 0 Å². The average molecular weight is 754 g/mol. The van der Waals surface area contributed by atoms with Gasteiger partial charge in [0.05, 0.1) is 28.1 Å². The predicted octanol–water partition coefficient (Wildman–Crippen LogP) is 14.8. The number of nitrogens with two attached hydrogens (primary N) is 1. The summed E-state index contributed by atoms with van der Waals surface area (Å²) < 4.78 is 2.47. The summed E-state index contributed by atoms with van der Waals surface area (Å²) in [6, 6.07) is 76.0. The maximum Gasteiger partial charge on any atom is 0.0618 e. The molecule has 0 aliphatic rings. The number of hydrogen-bond donors (Lipinski definition) is 2. The number of aromatic nitrogens is 1. The van der Waals surface area contributed by atoms with Crippen molar-refractivity contribution in [2.75, 3.05) is 11.1 Å². The second-order valence-electron chi connectivity index (χ2n) is 15.2. The molecule has 11 rings (SSSR count). The molecule has 0 aliphatic carbocycles. The fourth-order valence-corrected chi connectivity index (χ4v) is 8.93. The van der Waals surface area contributed by atoms with E-state index in [1.165, 1.54) is 48.7 Å². The van der Waals surface area contributed by atoms with Crippen molar-refractivity contribution in [1.82, 2.24) is 4.57 Å². The molecule has 0 saturated carbocycles. The summed E-state index contributed by atoms with van der Waals surface area (Å²) in [6.07, 6.45) is 2.28. The lowest BCUT2D eigenvalue weighted by Gasteiger charge is -2.18. The van der Waals surface area contributed by atoms with E-state index in [2.05, 4.69) is 204 Å². The van der Waals surface area contributed by atoms with Crippen molar-refractivity contribution in [3.63, 3.8) is 0 Å². The molecule has 0 saturated heterocycles. The quantitative estimate of drug-likeness (QED) is 0.126. The third kappa shape index (κ3) is 6.00. The number of para-hydroxylation sites is 2. The van der Waals surface area contributed by atoms with Gasteiger partial charge in [-0.25, -0.2) is 0 Å². The Bertz CT molecular complexity index is 3260. The van der Waals surface area contributed by atoms with Gasteiger partial charge in [0.25, 0.3) is 0 Å². The molecule has 0 amide bonds. The average Bonchev–Trinajstić information content (AvgIpc) is 3.65. The molecule has 3 nitrogen and oxygen atoms in total. The molecular weight excluding hydrogens is 715 g/mol. The zero-order valence-electron chi connectivity index (χ0n) is 32.3. The van der Waals surface area contributed by atoms with Gasteiger partial charge < -0.3 is 15.6 Å². The number of nitrogens with zero attached hydrogens (tertiary/aromatic N) is 1. The van der Waals surface area contributed by atoms with Gasteiger partial charge >= 0.3 is 0 Å². The van der Waals surface area contributed by atoms with Crippen molar-refractivity contribution in [1.29, 1.82) is 0 Å². The van der Waals surface area contributed by atoms with Crippen molar-refractivity contribution in [3.05, 3.63) is 223 Å². The molecule has 10 aromatic carbocycles. The van der Waals surface area contributed by atoms with Crippen molar-refractivity contribution >= 4 is 77.3 Å². The van der Waals surface area contributed by atoms with Gasteiger partial charge in [-0.05, 0) is 115 Å². The van der Waals surface area contributed by atoms with Gasteiger partial charge in [-0.2, -0.15) is 0 Å². The Balaban J connectivity index is 1.16. The van der Waals surface area contributed by atoms with E-state index in [9.17, 15) is 0 Å². The highest BCUT2D eigenvalue weighted by molar-refractivity contribution is 6.28. The third-order valence-electron chi connectivity index (χ3n) is 11.7. The molecule has 0 fully saturated rings. The second kappa shape index (κ2) is 14.3. The number of fused-ring (bicyclic) bond motifs is 8. The van der Waals surface area contributed by atoms with Crippen molar-refractivity contribution < 1.29 is 0 Å². The minimum atomic E-state index is 0.688. The highest BCUT2D eigenvalue weighted by Crippen LogP contribution is 2.42. The number of nitrogen functional groups attached to an aromatic ring is 1. The number of benzene rings is 10. The predicted molar refractivity (Wildman–Crippen MR) is 253 cm³/mol. The molecule has 1 aromatic heterocycles. The molecule has 3 heteroatoms. The molecule has 0 spiro atoms. The van der Waals surface area contributed by atoms with Crippen LogP contribution in [0.15, 0.2) is 212 Å². The van der Waals surface area contributed by atoms with E-state index in [1.54, 1.807) is 0 Å². The second-order valence-corrected chi connectivity index (χ2v) is 15.2. The third-order valence-corrected chi connectivity index (χ3v) is 11.7. The van der Waals surface area contributed by atoms with Gasteiger partial charge in [-0.1, -0.05) is 164 Å². The largest absolute Gasteiger partial charge is 0.397 e. The summed E-state index contributed by atoms with van der Waals surface area (Å²) in [5.74, 6) is 0. The molecule has 59 heavy (non-hydrogen) atoms. The van der Waals surface area contributed by atoms with E-state index in [1.807, 2.05) is 24.3 Å². The van der Waals surface area contributed by atoms with Crippen molar-refractivity contribution in [2.45, 2.75) is 0 Å². The SMILES string of the molecule is Nc1ccccc1N/C(=C/c1cccc2c(-n3c4ccc5ccccc5c4c4c5ccccc5ccc43)cccc12)c1cc(-c2ccccc2)cc(-c2ccccc2)c1. The van der Waals surface area contributed by atoms with Crippen LogP contribution in [0.1, 0.15) is 11.1 Å². The van der Waals surface area contributed by atoms with E-state index in [4.69, 9.17) is 5.73 Å². The van der Waals surface area contributed by atoms with Crippen LogP contribution in [0.25, 0.3) is 93.8 Å². The van der Waals surface area contributed by atoms with Gasteiger partial charge in [0.1, 0.15) is 0 Å². The lowest BCUT2D eigenvalue weighted by atomic mass is 9.94. The number of anilines is 2. The molecule has 3 N–H and O–H groups in total. The first-order valence-electron chi connectivity index (χ1n) is 20.1. The zero-order chi connectivity index (χ0) is 39.3. The minimum absolute atomic E-state index is 0.688. The topological polar surface area (TPSA) is 43.0 Å². The normalized spacial score (nSPS) is 11.9. The Morgan fingerprint density at radius 1 is 0.424 bits per heavy atom. The van der Waals surface area contributed by atoms with E-state index in [-0.39, 0.29) is 0 Å². The zero-order valence-corrected chi connectivity index (χ0v) is 32.3. The smallest absolute Gasteiger partial charge is 0.0618 e. The van der Waals surface area contributed by atoms with Gasteiger partial charge in [0.15, 0.2) is 0 Å². The Morgan fingerprint density at radius 3 is 1.58 bits per heavy atom. The Morgan fingerprint density at radius 2 is 0.949 bits per heavy atom. The van der Waals surface area contributed by atoms with E-state index >= 15 is 0 Å². The summed E-state index contributed by atoms with van der Waals surface area (Å²) in [5, 5.41) is 13.7. The summed E-state index contributed by atoms with van der Waals surface area (Å²) in [5.41, 5.74) is 19.4. The fourth-order valence-electron chi connectivity index (χ4n) is 8.93. The van der Waals surface area contributed by atoms with Crippen LogP contribution in [-0.4, -0.2) is 4.57 Å². The Hall–Kier alpha value is -7.88. The first kappa shape index (κ1) is 34.4. The first-order chi connectivity index (χ1) is 29.2. The molecular formula is C56H39N3. The molecule has 0 radical (unpaired) electrons. The number of rotatable bonds is 7. The monoisotopic (exact) mass is 753 g/mol. The first-order valence-corrected chi connectivity index (χ1v) is 20.1. The van der Waals surface area contributed by atoms with Crippen molar-refractivity contribution in [3.8, 4) is 27.9 Å². The summed E-state index contributed by atoms with van der Waals surface area (Å²) in [6.45, 7) is 0. The molecule has 0 unspecified atom stereocenters. The summed E-state index contributed by atoms with van der Waals surface area (Å²) in [7, 11) is 0. The van der Waals surface area contributed by atoms with E-state index in [0.717, 1.165) is 55.8 Å². The van der Waals surface area contributed by atoms with Gasteiger partial charge in [0.2, 0.25) is 0 Å². The molecule has 278 valence electrons. The Kier molecular flexibility index (Phi) is 8.30. The van der Waals surface area contributed by atoms with Gasteiger partial charge in [-0.15, -0.1) is 0 Å². The van der Waals surface area contributed by atoms with Crippen molar-refractivity contribution in [2.24, 2.45) is 0 Å². The molecule has 0 bridgehead atoms. The van der Waals surface area contributed by atoms with Crippen LogP contribution in [0.3, 0.4) is 0 Å². The lowest BCUT2D eigenvalue weighted by molar-refractivity contribution is 1.20. The van der Waals surface area contributed by atoms with Crippen LogP contribution in [0.5, 0.6) is 0 Å². The van der Waals surface area contributed by atoms with Crippen LogP contribution >= 0.6 is 0 Å². The standard InChI is InChI=1S/C56H39N3/c57-49-26-11-12-27-50(49)58-51(44-34-42(37-15-3-1-4-16-37)33-43(35-44)38-17-5-2-6-18-38)36-41-21-13-25-48-45(41)24-14-28-52(48)59-53-31-29-39-19-7-9-22-46(39)55(53)56-47-23-10-8-20-40(47)30-32-54(56)59/h1-36,58H,57H2/b51-36+. The number of nitrogens with one attached hydrogen (secondary N) is 1. The lowest BCUT2D eigenvalue weighted by Crippen LogP contribution is -2.03. The number of hydrogen-bond acceptors (Lipinski definition) is 2. The fraction of sp³-hybridized carbons (Fsp3) is 0. The maximum atomic E-state index is 6.61. The molecule has 0 aliphatic heterocycles. The minimum Gasteiger partial charge on any atom is -0.397 e. The van der Waals surface area contributed by atoms with Crippen LogP contribution in [0.2, 0.25) is 0 Å². The molecule has 1 heterocycles. The van der Waals surface area contributed by atoms with Gasteiger partial charge in [-0.3, -0.25) is 0 Å². The van der Waals surface area contributed by atoms with Crippen LogP contribution in [0, 0.1) is 0 Å². The van der Waals surface area contributed by atoms with Crippen LogP contribution < -0.4 is 11.1 Å². The van der Waals surface area contributed by atoms with Crippen LogP contribution in [0.4, 0.5) is 11.4 Å². The van der Waals surface area contributed by atoms with E-state index in [0.29, 0.717) is 5.69 Å². The van der Waals surface area contributed by atoms with E-state index < -0.39 is 0 Å². The molecule has 0 atom stereocenters. The van der Waals surface area contributed by atoms with Gasteiger partial charge in [0, 0.05) is 21.9 Å². The highest BCUT2D eigenvalue weighted by Gasteiger charge is 2.19. The summed E-state index contributed by atoms with van der Waals surface area (Å²) >= 11 is 0. The highest BCUT2D eigenvalue weighted by atomic mass is 15.0. The molecule has 11 aromatic rings. The Labute approximate surface area is 342 Å².